The first kappa shape index (κ1) is 23.5. The monoisotopic (exact) mass is 465 g/mol. The Bertz CT molecular complexity index is 1010. The first-order valence-electron chi connectivity index (χ1n) is 11.3. The third-order valence-corrected chi connectivity index (χ3v) is 7.17. The largest absolute Gasteiger partial charge is 0.481 e. The molecule has 0 radical (unpaired) electrons. The Morgan fingerprint density at radius 1 is 1.24 bits per heavy atom. The highest BCUT2D eigenvalue weighted by molar-refractivity contribution is 5.93. The Morgan fingerprint density at radius 3 is 2.45 bits per heavy atom. The number of allylic oxidation sites excluding steroid dienone is 4. The van der Waals surface area contributed by atoms with Crippen LogP contribution in [0.2, 0.25) is 0 Å². The van der Waals surface area contributed by atoms with Crippen molar-refractivity contribution < 1.29 is 32.3 Å². The van der Waals surface area contributed by atoms with Gasteiger partial charge in [-0.25, -0.2) is 4.39 Å². The lowest BCUT2D eigenvalue weighted by atomic mass is 9.77. The van der Waals surface area contributed by atoms with Gasteiger partial charge in [0.1, 0.15) is 5.82 Å². The third-order valence-electron chi connectivity index (χ3n) is 7.17. The third kappa shape index (κ3) is 5.14. The number of hydrogen-bond acceptors (Lipinski definition) is 2. The van der Waals surface area contributed by atoms with Crippen LogP contribution in [0.25, 0.3) is 0 Å². The van der Waals surface area contributed by atoms with Crippen LogP contribution in [-0.4, -0.2) is 23.2 Å². The summed E-state index contributed by atoms with van der Waals surface area (Å²) in [4.78, 5) is 24.5. The highest BCUT2D eigenvalue weighted by Gasteiger charge is 2.50. The number of amides is 1. The number of carbonyl (C=O) groups excluding carboxylic acids is 1. The normalized spacial score (nSPS) is 23.4. The predicted octanol–water partition coefficient (Wildman–Crippen LogP) is 5.90. The lowest BCUT2D eigenvalue weighted by Gasteiger charge is -2.31. The van der Waals surface area contributed by atoms with Crippen LogP contribution in [0.15, 0.2) is 42.0 Å². The van der Waals surface area contributed by atoms with Gasteiger partial charge in [-0.15, -0.1) is 0 Å². The van der Waals surface area contributed by atoms with Crippen molar-refractivity contribution in [3.8, 4) is 0 Å². The molecule has 8 heteroatoms. The van der Waals surface area contributed by atoms with Crippen LogP contribution in [0, 0.1) is 34.9 Å². The topological polar surface area (TPSA) is 66.4 Å². The number of halogens is 4. The molecule has 1 amide bonds. The number of hydrogen-bond donors (Lipinski definition) is 2. The molecule has 2 saturated carbocycles. The summed E-state index contributed by atoms with van der Waals surface area (Å²) in [6.45, 7) is 0.981. The number of aliphatic carboxylic acids is 1. The van der Waals surface area contributed by atoms with Crippen molar-refractivity contribution in [2.75, 3.05) is 5.32 Å². The van der Waals surface area contributed by atoms with Crippen LogP contribution in [0.1, 0.15) is 44.6 Å². The molecule has 178 valence electrons. The van der Waals surface area contributed by atoms with Crippen LogP contribution in [0.5, 0.6) is 0 Å². The highest BCUT2D eigenvalue weighted by atomic mass is 19.4. The van der Waals surface area contributed by atoms with Crippen molar-refractivity contribution in [2.45, 2.75) is 51.6 Å². The van der Waals surface area contributed by atoms with Gasteiger partial charge in [0.25, 0.3) is 0 Å². The number of anilines is 1. The van der Waals surface area contributed by atoms with Crippen molar-refractivity contribution in [2.24, 2.45) is 29.1 Å². The highest BCUT2D eigenvalue weighted by Crippen LogP contribution is 2.49. The molecule has 0 aromatic heterocycles. The van der Waals surface area contributed by atoms with E-state index >= 15 is 0 Å². The van der Waals surface area contributed by atoms with Gasteiger partial charge in [-0.2, -0.15) is 13.2 Å². The van der Waals surface area contributed by atoms with Gasteiger partial charge in [0.15, 0.2) is 0 Å². The number of alkyl halides is 3. The molecule has 0 bridgehead atoms. The van der Waals surface area contributed by atoms with E-state index in [0.717, 1.165) is 31.4 Å². The van der Waals surface area contributed by atoms with Gasteiger partial charge in [0.2, 0.25) is 5.91 Å². The van der Waals surface area contributed by atoms with Gasteiger partial charge >= 0.3 is 12.1 Å². The van der Waals surface area contributed by atoms with E-state index in [4.69, 9.17) is 0 Å². The number of rotatable bonds is 8. The van der Waals surface area contributed by atoms with E-state index in [0.29, 0.717) is 30.7 Å². The van der Waals surface area contributed by atoms with Crippen molar-refractivity contribution in [3.63, 3.8) is 0 Å². The Balaban J connectivity index is 1.54. The summed E-state index contributed by atoms with van der Waals surface area (Å²) in [6.07, 6.45) is 4.48. The zero-order chi connectivity index (χ0) is 24.0. The molecule has 4 nitrogen and oxygen atoms in total. The maximum absolute atomic E-state index is 14.4. The summed E-state index contributed by atoms with van der Waals surface area (Å²) in [7, 11) is 0. The standard InChI is InChI=1S/C25H27F4NO3/c1-14(25(27,28)29)21(18-7-5-17(6-8-18)16-3-4-16)22(31)30-20-12-15(2-9-19(20)26)13-24(10-11-24)23(32)33/h2,5-7,9,12,14,16,18,21H,3-4,8,10-11,13H2,1H3,(H,30,31)(H,32,33)/t14-,18?,21+/m1/s1. The van der Waals surface area contributed by atoms with Crippen molar-refractivity contribution in [3.05, 3.63) is 53.4 Å². The molecule has 3 aliphatic rings. The molecule has 0 saturated heterocycles. The summed E-state index contributed by atoms with van der Waals surface area (Å²) >= 11 is 0. The zero-order valence-corrected chi connectivity index (χ0v) is 18.3. The van der Waals surface area contributed by atoms with Crippen LogP contribution >= 0.6 is 0 Å². The van der Waals surface area contributed by atoms with Gasteiger partial charge < -0.3 is 10.4 Å². The predicted molar refractivity (Wildman–Crippen MR) is 115 cm³/mol. The minimum Gasteiger partial charge on any atom is -0.481 e. The minimum absolute atomic E-state index is 0.175. The van der Waals surface area contributed by atoms with Crippen LogP contribution in [-0.2, 0) is 16.0 Å². The number of nitrogens with one attached hydrogen (secondary N) is 1. The van der Waals surface area contributed by atoms with Gasteiger partial charge in [-0.1, -0.05) is 31.2 Å². The lowest BCUT2D eigenvalue weighted by Crippen LogP contribution is -2.40. The smallest absolute Gasteiger partial charge is 0.392 e. The molecule has 0 spiro atoms. The first-order chi connectivity index (χ1) is 15.5. The fourth-order valence-corrected chi connectivity index (χ4v) is 4.64. The van der Waals surface area contributed by atoms with E-state index in [1.165, 1.54) is 12.1 Å². The molecular formula is C25H27F4NO3. The second kappa shape index (κ2) is 8.61. The number of carboxylic acid groups (broad SMARTS) is 1. The van der Waals surface area contributed by atoms with E-state index in [1.54, 1.807) is 6.08 Å². The zero-order valence-electron chi connectivity index (χ0n) is 18.3. The average Bonchev–Trinajstić information content (AvgIpc) is 3.65. The van der Waals surface area contributed by atoms with Crippen LogP contribution in [0.4, 0.5) is 23.2 Å². The molecule has 33 heavy (non-hydrogen) atoms. The van der Waals surface area contributed by atoms with Gasteiger partial charge in [0.05, 0.1) is 22.9 Å². The van der Waals surface area contributed by atoms with Gasteiger partial charge in [-0.05, 0) is 73.6 Å². The Morgan fingerprint density at radius 2 is 1.94 bits per heavy atom. The fourth-order valence-electron chi connectivity index (χ4n) is 4.64. The maximum Gasteiger partial charge on any atom is 0.392 e. The van der Waals surface area contributed by atoms with Gasteiger partial charge in [0, 0.05) is 0 Å². The maximum atomic E-state index is 14.4. The van der Waals surface area contributed by atoms with Crippen molar-refractivity contribution in [1.82, 2.24) is 0 Å². The Kier molecular flexibility index (Phi) is 6.14. The van der Waals surface area contributed by atoms with E-state index in [2.05, 4.69) is 5.32 Å². The minimum atomic E-state index is -4.59. The number of carbonyl (C=O) groups is 2. The summed E-state index contributed by atoms with van der Waals surface area (Å²) in [5, 5.41) is 11.8. The Hall–Kier alpha value is -2.64. The number of carboxylic acids is 1. The average molecular weight is 465 g/mol. The molecule has 2 N–H and O–H groups in total. The molecule has 1 aromatic rings. The molecular weight excluding hydrogens is 438 g/mol. The van der Waals surface area contributed by atoms with Crippen LogP contribution < -0.4 is 5.32 Å². The summed E-state index contributed by atoms with van der Waals surface area (Å²) in [5.41, 5.74) is 0.509. The molecule has 0 aliphatic heterocycles. The fraction of sp³-hybridized carbons (Fsp3) is 0.520. The second-order valence-corrected chi connectivity index (χ2v) is 9.66. The Labute approximate surface area is 189 Å². The van der Waals surface area contributed by atoms with Crippen molar-refractivity contribution >= 4 is 17.6 Å². The molecule has 0 heterocycles. The molecule has 4 rings (SSSR count). The van der Waals surface area contributed by atoms with E-state index < -0.39 is 47.0 Å². The van der Waals surface area contributed by atoms with Crippen LogP contribution in [0.3, 0.4) is 0 Å². The van der Waals surface area contributed by atoms with Gasteiger partial charge in [-0.3, -0.25) is 9.59 Å². The summed E-state index contributed by atoms with van der Waals surface area (Å²) in [5.74, 6) is -6.14. The molecule has 3 atom stereocenters. The van der Waals surface area contributed by atoms with Crippen molar-refractivity contribution in [1.29, 1.82) is 0 Å². The quantitative estimate of drug-likeness (QED) is 0.470. The SMILES string of the molecule is C[C@H]([C@H](C(=O)Nc1cc(CC2(C(=O)O)CC2)ccc1F)C1C=CC(C2CC2)=CC1)C(F)(F)F. The molecule has 1 unspecified atom stereocenters. The lowest BCUT2D eigenvalue weighted by molar-refractivity contribution is -0.188. The summed E-state index contributed by atoms with van der Waals surface area (Å²) < 4.78 is 55.3. The number of benzene rings is 1. The first-order valence-corrected chi connectivity index (χ1v) is 11.3. The molecule has 3 aliphatic carbocycles. The second-order valence-electron chi connectivity index (χ2n) is 9.66. The molecule has 2 fully saturated rings. The van der Waals surface area contributed by atoms with E-state index in [1.807, 2.05) is 12.2 Å². The van der Waals surface area contributed by atoms with E-state index in [9.17, 15) is 32.3 Å². The summed E-state index contributed by atoms with van der Waals surface area (Å²) in [6, 6.07) is 3.88. The molecule has 1 aromatic carbocycles. The van der Waals surface area contributed by atoms with E-state index in [-0.39, 0.29) is 12.1 Å².